The Morgan fingerprint density at radius 2 is 2.00 bits per heavy atom. The van der Waals surface area contributed by atoms with Gasteiger partial charge in [0.05, 0.1) is 10.6 Å². The molecule has 0 aliphatic heterocycles. The lowest BCUT2D eigenvalue weighted by atomic mass is 10.0. The summed E-state index contributed by atoms with van der Waals surface area (Å²) in [5.41, 5.74) is 4.67. The van der Waals surface area contributed by atoms with Crippen molar-refractivity contribution < 1.29 is 17.6 Å². The number of halogens is 1. The summed E-state index contributed by atoms with van der Waals surface area (Å²) in [5.74, 6) is -1.43. The summed E-state index contributed by atoms with van der Waals surface area (Å²) in [5, 5.41) is 1.36. The van der Waals surface area contributed by atoms with Gasteiger partial charge in [0.25, 0.3) is 0 Å². The lowest BCUT2D eigenvalue weighted by molar-refractivity contribution is -0.122. The average Bonchev–Trinajstić information content (AvgIpc) is 2.40. The van der Waals surface area contributed by atoms with E-state index in [1.165, 1.54) is 19.1 Å². The molecule has 1 unspecified atom stereocenters. The van der Waals surface area contributed by atoms with E-state index in [4.69, 9.17) is 5.73 Å². The molecule has 0 spiro atoms. The normalized spacial score (nSPS) is 13.8. The van der Waals surface area contributed by atoms with E-state index in [-0.39, 0.29) is 10.6 Å². The second kappa shape index (κ2) is 6.01. The van der Waals surface area contributed by atoms with Crippen LogP contribution in [0.1, 0.15) is 34.1 Å². The highest BCUT2D eigenvalue weighted by Gasteiger charge is 2.32. The lowest BCUT2D eigenvalue weighted by Crippen LogP contribution is -2.48. The van der Waals surface area contributed by atoms with Crippen LogP contribution in [0.4, 0.5) is 10.1 Å². The molecule has 0 bridgehead atoms. The van der Waals surface area contributed by atoms with E-state index in [0.29, 0.717) is 6.42 Å². The van der Waals surface area contributed by atoms with Gasteiger partial charge >= 0.3 is 0 Å². The molecule has 3 N–H and O–H groups in total. The highest BCUT2D eigenvalue weighted by Crippen LogP contribution is 2.21. The lowest BCUT2D eigenvalue weighted by Gasteiger charge is -2.26. The monoisotopic (exact) mass is 316 g/mol. The first-order valence-corrected chi connectivity index (χ1v) is 8.17. The number of amides is 1. The Labute approximate surface area is 124 Å². The van der Waals surface area contributed by atoms with Gasteiger partial charge in [0.15, 0.2) is 9.84 Å². The van der Waals surface area contributed by atoms with Gasteiger partial charge in [-0.15, -0.1) is 0 Å². The van der Waals surface area contributed by atoms with Gasteiger partial charge in [-0.25, -0.2) is 12.8 Å². The van der Waals surface area contributed by atoms with Gasteiger partial charge in [-0.05, 0) is 45.4 Å². The molecule has 0 radical (unpaired) electrons. The number of hydrogen-bond acceptors (Lipinski definition) is 4. The van der Waals surface area contributed by atoms with E-state index >= 15 is 0 Å². The van der Waals surface area contributed by atoms with E-state index in [2.05, 4.69) is 5.32 Å². The first kappa shape index (κ1) is 17.4. The largest absolute Gasteiger partial charge is 0.396 e. The molecule has 0 saturated carbocycles. The van der Waals surface area contributed by atoms with Gasteiger partial charge < -0.3 is 11.1 Å². The summed E-state index contributed by atoms with van der Waals surface area (Å²) in [6, 6.07) is 3.20. The van der Waals surface area contributed by atoms with Crippen LogP contribution in [0, 0.1) is 5.82 Å². The van der Waals surface area contributed by atoms with Crippen LogP contribution in [0.2, 0.25) is 0 Å². The first-order valence-electron chi connectivity index (χ1n) is 6.62. The minimum atomic E-state index is -3.97. The predicted molar refractivity (Wildman–Crippen MR) is 80.0 cm³/mol. The van der Waals surface area contributed by atoms with E-state index < -0.39 is 32.4 Å². The Hall–Kier alpha value is -1.63. The van der Waals surface area contributed by atoms with E-state index in [9.17, 15) is 17.6 Å². The molecule has 1 atom stereocenters. The molecule has 0 saturated heterocycles. The molecule has 0 aliphatic rings. The third-order valence-electron chi connectivity index (χ3n) is 3.48. The number of hydrogen-bond donors (Lipinski definition) is 2. The molecule has 118 valence electrons. The summed E-state index contributed by atoms with van der Waals surface area (Å²) < 4.78 is 38.1. The highest BCUT2D eigenvalue weighted by atomic mass is 32.2. The average molecular weight is 316 g/mol. The molecule has 1 rings (SSSR count). The molecular weight excluding hydrogens is 295 g/mol. The molecule has 0 aliphatic carbocycles. The Morgan fingerprint density at radius 1 is 1.43 bits per heavy atom. The van der Waals surface area contributed by atoms with Crippen molar-refractivity contribution in [3.8, 4) is 0 Å². The maximum atomic E-state index is 13.4. The van der Waals surface area contributed by atoms with Crippen LogP contribution < -0.4 is 11.1 Å². The van der Waals surface area contributed by atoms with Crippen molar-refractivity contribution >= 4 is 21.4 Å². The Kier molecular flexibility index (Phi) is 4.99. The number of rotatable bonds is 5. The van der Waals surface area contributed by atoms with Crippen LogP contribution >= 0.6 is 0 Å². The van der Waals surface area contributed by atoms with Gasteiger partial charge in [0, 0.05) is 5.54 Å². The fourth-order valence-corrected chi connectivity index (χ4v) is 2.83. The number of benzene rings is 1. The van der Waals surface area contributed by atoms with Crippen LogP contribution in [0.3, 0.4) is 0 Å². The van der Waals surface area contributed by atoms with Gasteiger partial charge in [-0.2, -0.15) is 0 Å². The molecule has 1 aromatic carbocycles. The van der Waals surface area contributed by atoms with Gasteiger partial charge in [-0.3, -0.25) is 4.79 Å². The van der Waals surface area contributed by atoms with Crippen molar-refractivity contribution in [1.29, 1.82) is 0 Å². The van der Waals surface area contributed by atoms with E-state index in [1.807, 2.05) is 6.92 Å². The summed E-state index contributed by atoms with van der Waals surface area (Å²) >= 11 is 0. The minimum Gasteiger partial charge on any atom is -0.396 e. The fraction of sp³-hybridized carbons (Fsp3) is 0.500. The topological polar surface area (TPSA) is 89.3 Å². The molecule has 0 fully saturated rings. The zero-order chi connectivity index (χ0) is 16.4. The van der Waals surface area contributed by atoms with Crippen molar-refractivity contribution in [2.45, 2.75) is 49.8 Å². The Balaban J connectivity index is 3.07. The number of carbonyl (C=O) groups is 1. The van der Waals surface area contributed by atoms with Crippen LogP contribution in [-0.2, 0) is 14.6 Å². The number of anilines is 1. The van der Waals surface area contributed by atoms with Crippen LogP contribution in [0.15, 0.2) is 23.1 Å². The van der Waals surface area contributed by atoms with Crippen molar-refractivity contribution in [1.82, 2.24) is 5.32 Å². The maximum Gasteiger partial charge on any atom is 0.238 e. The fourth-order valence-electron chi connectivity index (χ4n) is 1.55. The van der Waals surface area contributed by atoms with Gasteiger partial charge in [0.2, 0.25) is 5.91 Å². The van der Waals surface area contributed by atoms with Crippen molar-refractivity contribution in [2.75, 3.05) is 5.73 Å². The van der Waals surface area contributed by atoms with Crippen LogP contribution in [-0.4, -0.2) is 25.1 Å². The zero-order valence-electron chi connectivity index (χ0n) is 12.6. The molecule has 0 heterocycles. The molecule has 1 amide bonds. The number of nitrogens with one attached hydrogen (secondary N) is 1. The van der Waals surface area contributed by atoms with Gasteiger partial charge in [0.1, 0.15) is 11.1 Å². The molecule has 7 heteroatoms. The standard InChI is InChI=1S/C14H21FN2O3S/c1-5-14(3,4)17-13(18)9(2)21(19,20)10-6-7-12(16)11(15)8-10/h6-9H,5,16H2,1-4H3,(H,17,18). The molecule has 0 aromatic heterocycles. The molecule has 5 nitrogen and oxygen atoms in total. The Morgan fingerprint density at radius 3 is 2.48 bits per heavy atom. The maximum absolute atomic E-state index is 13.4. The minimum absolute atomic E-state index is 0.141. The third kappa shape index (κ3) is 3.93. The summed E-state index contributed by atoms with van der Waals surface area (Å²) in [6.07, 6.45) is 0.655. The number of sulfone groups is 1. The number of carbonyl (C=O) groups excluding carboxylic acids is 1. The van der Waals surface area contributed by atoms with Crippen molar-refractivity contribution in [3.63, 3.8) is 0 Å². The molecule has 1 aromatic rings. The smallest absolute Gasteiger partial charge is 0.238 e. The Bertz CT molecular complexity index is 642. The van der Waals surface area contributed by atoms with E-state index in [0.717, 1.165) is 6.07 Å². The number of nitrogen functional groups attached to an aromatic ring is 1. The summed E-state index contributed by atoms with van der Waals surface area (Å²) in [7, 11) is -3.97. The summed E-state index contributed by atoms with van der Waals surface area (Å²) in [6.45, 7) is 6.76. The highest BCUT2D eigenvalue weighted by molar-refractivity contribution is 7.92. The molecular formula is C14H21FN2O3S. The van der Waals surface area contributed by atoms with E-state index in [1.54, 1.807) is 13.8 Å². The quantitative estimate of drug-likeness (QED) is 0.812. The summed E-state index contributed by atoms with van der Waals surface area (Å²) in [4.78, 5) is 11.8. The van der Waals surface area contributed by atoms with Crippen molar-refractivity contribution in [2.24, 2.45) is 0 Å². The molecule has 21 heavy (non-hydrogen) atoms. The predicted octanol–water partition coefficient (Wildman–Crippen LogP) is 1.87. The van der Waals surface area contributed by atoms with Crippen molar-refractivity contribution in [3.05, 3.63) is 24.0 Å². The third-order valence-corrected chi connectivity index (χ3v) is 5.54. The second-order valence-electron chi connectivity index (χ2n) is 5.60. The SMILES string of the molecule is CCC(C)(C)NC(=O)C(C)S(=O)(=O)c1ccc(N)c(F)c1. The number of nitrogens with two attached hydrogens (primary N) is 1. The second-order valence-corrected chi connectivity index (χ2v) is 7.87. The van der Waals surface area contributed by atoms with Crippen LogP contribution in [0.5, 0.6) is 0 Å². The first-order chi connectivity index (χ1) is 9.51. The van der Waals surface area contributed by atoms with Crippen LogP contribution in [0.25, 0.3) is 0 Å². The zero-order valence-corrected chi connectivity index (χ0v) is 13.4. The van der Waals surface area contributed by atoms with Gasteiger partial charge in [-0.1, -0.05) is 6.92 Å².